The van der Waals surface area contributed by atoms with Gasteiger partial charge in [-0.25, -0.2) is 0 Å². The first-order valence-corrected chi connectivity index (χ1v) is 8.43. The molecule has 3 heteroatoms. The number of halogens is 1. The second kappa shape index (κ2) is 4.70. The lowest BCUT2D eigenvalue weighted by Crippen LogP contribution is -2.18. The van der Waals surface area contributed by atoms with Crippen molar-refractivity contribution in [1.29, 1.82) is 0 Å². The first kappa shape index (κ1) is 13.1. The molecule has 0 amide bonds. The van der Waals surface area contributed by atoms with Crippen molar-refractivity contribution in [3.63, 3.8) is 0 Å². The molecule has 21 heavy (non-hydrogen) atoms. The molecule has 106 valence electrons. The molecule has 0 aliphatic heterocycles. The van der Waals surface area contributed by atoms with Crippen LogP contribution >= 0.6 is 15.9 Å². The van der Waals surface area contributed by atoms with Gasteiger partial charge in [0.1, 0.15) is 0 Å². The quantitative estimate of drug-likeness (QED) is 0.513. The predicted molar refractivity (Wildman–Crippen MR) is 91.2 cm³/mol. The number of pyridine rings is 1. The third kappa shape index (κ3) is 2.03. The molecule has 0 N–H and O–H groups in total. The first-order chi connectivity index (χ1) is 10.2. The summed E-state index contributed by atoms with van der Waals surface area (Å²) in [6, 6.07) is 15.9. The molecular formula is C18H16BrNO. The number of benzene rings is 2. The lowest BCUT2D eigenvalue weighted by molar-refractivity contribution is 0.493. The van der Waals surface area contributed by atoms with Crippen molar-refractivity contribution in [2.45, 2.75) is 19.4 Å². The molecule has 1 saturated carbocycles. The summed E-state index contributed by atoms with van der Waals surface area (Å²) in [4.78, 5) is 12.7. The van der Waals surface area contributed by atoms with Gasteiger partial charge >= 0.3 is 0 Å². The molecule has 2 nitrogen and oxygen atoms in total. The van der Waals surface area contributed by atoms with Crippen LogP contribution in [0.3, 0.4) is 0 Å². The summed E-state index contributed by atoms with van der Waals surface area (Å²) in [6.45, 7) is 0.972. The molecule has 3 aromatic rings. The van der Waals surface area contributed by atoms with E-state index in [2.05, 4.69) is 32.6 Å². The van der Waals surface area contributed by atoms with Crippen LogP contribution in [0.2, 0.25) is 0 Å². The van der Waals surface area contributed by atoms with Gasteiger partial charge in [0.2, 0.25) is 0 Å². The topological polar surface area (TPSA) is 22.0 Å². The first-order valence-electron chi connectivity index (χ1n) is 7.30. The Hall–Kier alpha value is -1.61. The minimum Gasteiger partial charge on any atom is -0.340 e. The Morgan fingerprint density at radius 3 is 1.95 bits per heavy atom. The van der Waals surface area contributed by atoms with Crippen LogP contribution < -0.4 is 5.43 Å². The molecule has 0 bridgehead atoms. The maximum Gasteiger partial charge on any atom is 0.197 e. The Morgan fingerprint density at radius 2 is 1.48 bits per heavy atom. The van der Waals surface area contributed by atoms with Crippen LogP contribution in [0.5, 0.6) is 0 Å². The molecule has 4 rings (SSSR count). The number of rotatable bonds is 3. The number of alkyl halides is 1. The van der Waals surface area contributed by atoms with E-state index in [4.69, 9.17) is 0 Å². The molecule has 2 aromatic carbocycles. The van der Waals surface area contributed by atoms with Crippen LogP contribution in [-0.4, -0.2) is 9.90 Å². The normalized spacial score (nSPS) is 16.4. The van der Waals surface area contributed by atoms with Gasteiger partial charge in [0.15, 0.2) is 5.43 Å². The lowest BCUT2D eigenvalue weighted by atomic mass is 10.1. The number of hydrogen-bond donors (Lipinski definition) is 0. The number of aromatic nitrogens is 1. The Kier molecular flexibility index (Phi) is 2.93. The second-order valence-electron chi connectivity index (χ2n) is 6.08. The van der Waals surface area contributed by atoms with Gasteiger partial charge in [0.25, 0.3) is 0 Å². The summed E-state index contributed by atoms with van der Waals surface area (Å²) in [5.41, 5.74) is 2.60. The Morgan fingerprint density at radius 1 is 0.952 bits per heavy atom. The maximum atomic E-state index is 12.7. The fourth-order valence-corrected chi connectivity index (χ4v) is 3.83. The SMILES string of the molecule is O=c1c2ccccc2n(CC2(CBr)CC2)c2ccccc12. The summed E-state index contributed by atoms with van der Waals surface area (Å²) in [6.07, 6.45) is 2.51. The molecule has 1 aromatic heterocycles. The molecule has 0 unspecified atom stereocenters. The van der Waals surface area contributed by atoms with Crippen molar-refractivity contribution in [2.75, 3.05) is 5.33 Å². The standard InChI is InChI=1S/C18H16BrNO/c19-11-18(9-10-18)12-20-15-7-3-1-5-13(15)17(21)14-6-2-4-8-16(14)20/h1-8H,9-12H2. The molecular weight excluding hydrogens is 326 g/mol. The zero-order valence-electron chi connectivity index (χ0n) is 11.7. The van der Waals surface area contributed by atoms with E-state index in [0.29, 0.717) is 5.41 Å². The molecule has 1 aliphatic carbocycles. The largest absolute Gasteiger partial charge is 0.340 e. The second-order valence-corrected chi connectivity index (χ2v) is 6.64. The fourth-order valence-electron chi connectivity index (χ4n) is 3.09. The fraction of sp³-hybridized carbons (Fsp3) is 0.278. The van der Waals surface area contributed by atoms with Crippen molar-refractivity contribution < 1.29 is 0 Å². The average molecular weight is 342 g/mol. The minimum atomic E-state index is 0.140. The molecule has 1 fully saturated rings. The number of nitrogens with zero attached hydrogens (tertiary/aromatic N) is 1. The van der Waals surface area contributed by atoms with Crippen molar-refractivity contribution in [2.24, 2.45) is 5.41 Å². The molecule has 0 atom stereocenters. The van der Waals surface area contributed by atoms with Crippen molar-refractivity contribution in [3.8, 4) is 0 Å². The highest BCUT2D eigenvalue weighted by Crippen LogP contribution is 2.49. The zero-order valence-corrected chi connectivity index (χ0v) is 13.3. The predicted octanol–water partition coefficient (Wildman–Crippen LogP) is 4.33. The van der Waals surface area contributed by atoms with Crippen molar-refractivity contribution in [3.05, 3.63) is 58.8 Å². The van der Waals surface area contributed by atoms with Gasteiger partial charge in [0.05, 0.1) is 11.0 Å². The zero-order chi connectivity index (χ0) is 14.4. The van der Waals surface area contributed by atoms with Crippen LogP contribution in [0.4, 0.5) is 0 Å². The maximum absolute atomic E-state index is 12.7. The summed E-state index contributed by atoms with van der Waals surface area (Å²) in [7, 11) is 0. The van der Waals surface area contributed by atoms with Crippen LogP contribution in [0.25, 0.3) is 21.8 Å². The molecule has 0 spiro atoms. The highest BCUT2D eigenvalue weighted by Gasteiger charge is 2.42. The monoisotopic (exact) mass is 341 g/mol. The summed E-state index contributed by atoms with van der Waals surface area (Å²) in [5, 5.41) is 2.66. The summed E-state index contributed by atoms with van der Waals surface area (Å²) >= 11 is 3.66. The van der Waals surface area contributed by atoms with Crippen LogP contribution in [0.15, 0.2) is 53.3 Å². The summed E-state index contributed by atoms with van der Waals surface area (Å²) in [5.74, 6) is 0. The van der Waals surface area contributed by atoms with E-state index >= 15 is 0 Å². The number of hydrogen-bond acceptors (Lipinski definition) is 1. The van der Waals surface area contributed by atoms with Crippen LogP contribution in [0.1, 0.15) is 12.8 Å². The van der Waals surface area contributed by atoms with Crippen molar-refractivity contribution >= 4 is 37.7 Å². The van der Waals surface area contributed by atoms with E-state index < -0.39 is 0 Å². The van der Waals surface area contributed by atoms with Crippen LogP contribution in [0, 0.1) is 5.41 Å². The number of fused-ring (bicyclic) bond motifs is 2. The third-order valence-corrected chi connectivity index (χ3v) is 5.80. The van der Waals surface area contributed by atoms with Gasteiger partial charge in [-0.1, -0.05) is 40.2 Å². The van der Waals surface area contributed by atoms with Gasteiger partial charge < -0.3 is 4.57 Å². The van der Waals surface area contributed by atoms with Gasteiger partial charge in [-0.3, -0.25) is 4.79 Å². The van der Waals surface area contributed by atoms with E-state index in [-0.39, 0.29) is 5.43 Å². The van der Waals surface area contributed by atoms with E-state index in [0.717, 1.165) is 33.7 Å². The average Bonchev–Trinajstić information content (AvgIpc) is 3.32. The highest BCUT2D eigenvalue weighted by molar-refractivity contribution is 9.09. The third-order valence-electron chi connectivity index (χ3n) is 4.61. The van der Waals surface area contributed by atoms with Gasteiger partial charge in [-0.05, 0) is 42.5 Å². The Balaban J connectivity index is 2.09. The van der Waals surface area contributed by atoms with Gasteiger partial charge in [0, 0.05) is 22.6 Å². The highest BCUT2D eigenvalue weighted by atomic mass is 79.9. The lowest BCUT2D eigenvalue weighted by Gasteiger charge is -2.19. The van der Waals surface area contributed by atoms with Crippen molar-refractivity contribution in [1.82, 2.24) is 4.57 Å². The summed E-state index contributed by atoms with van der Waals surface area (Å²) < 4.78 is 2.33. The molecule has 1 aliphatic rings. The Labute approximate surface area is 131 Å². The van der Waals surface area contributed by atoms with E-state index in [9.17, 15) is 4.79 Å². The number of para-hydroxylation sites is 2. The van der Waals surface area contributed by atoms with Crippen LogP contribution in [-0.2, 0) is 6.54 Å². The van der Waals surface area contributed by atoms with E-state index in [1.807, 2.05) is 36.4 Å². The molecule has 0 saturated heterocycles. The van der Waals surface area contributed by atoms with Gasteiger partial charge in [-0.2, -0.15) is 0 Å². The Bertz CT molecular complexity index is 832. The smallest absolute Gasteiger partial charge is 0.197 e. The van der Waals surface area contributed by atoms with Gasteiger partial charge in [-0.15, -0.1) is 0 Å². The molecule has 1 heterocycles. The van der Waals surface area contributed by atoms with E-state index in [1.165, 1.54) is 12.8 Å². The van der Waals surface area contributed by atoms with E-state index in [1.54, 1.807) is 0 Å². The molecule has 0 radical (unpaired) electrons. The minimum absolute atomic E-state index is 0.140.